The first-order chi connectivity index (χ1) is 13.4. The van der Waals surface area contributed by atoms with Crippen molar-refractivity contribution in [3.8, 4) is 11.3 Å². The molecular weight excluding hydrogens is 364 g/mol. The molecule has 0 saturated carbocycles. The van der Waals surface area contributed by atoms with Crippen LogP contribution in [0.1, 0.15) is 42.5 Å². The molecule has 0 spiro atoms. The largest absolute Gasteiger partial charge is 0.354 e. The van der Waals surface area contributed by atoms with Crippen molar-refractivity contribution < 1.29 is 8.78 Å². The zero-order chi connectivity index (χ0) is 20.3. The molecule has 3 aromatic rings. The third-order valence-electron chi connectivity index (χ3n) is 4.58. The minimum atomic E-state index is -2.67. The summed E-state index contributed by atoms with van der Waals surface area (Å²) in [4.78, 5) is 8.39. The van der Waals surface area contributed by atoms with E-state index in [-0.39, 0.29) is 11.6 Å². The lowest BCUT2D eigenvalue weighted by molar-refractivity contribution is 0.146. The predicted molar refractivity (Wildman–Crippen MR) is 103 cm³/mol. The maximum Gasteiger partial charge on any atom is 0.280 e. The minimum absolute atomic E-state index is 0.199. The topological polar surface area (TPSA) is 73.5 Å². The number of nitrogens with zero attached hydrogens (tertiary/aromatic N) is 6. The van der Waals surface area contributed by atoms with Gasteiger partial charge < -0.3 is 5.32 Å². The van der Waals surface area contributed by atoms with E-state index in [4.69, 9.17) is 0 Å². The fourth-order valence-electron chi connectivity index (χ4n) is 3.14. The highest BCUT2D eigenvalue weighted by atomic mass is 19.3. The molecule has 0 aliphatic heterocycles. The van der Waals surface area contributed by atoms with E-state index in [9.17, 15) is 8.78 Å². The van der Waals surface area contributed by atoms with Crippen molar-refractivity contribution in [1.29, 1.82) is 0 Å². The molecule has 0 aliphatic carbocycles. The van der Waals surface area contributed by atoms with Crippen LogP contribution in [0, 0.1) is 20.8 Å². The highest BCUT2D eigenvalue weighted by Crippen LogP contribution is 2.26. The molecule has 0 radical (unpaired) electrons. The lowest BCUT2D eigenvalue weighted by Crippen LogP contribution is -2.11. The Kier molecular flexibility index (Phi) is 6.01. The van der Waals surface area contributed by atoms with Crippen molar-refractivity contribution in [3.05, 3.63) is 41.1 Å². The van der Waals surface area contributed by atoms with Crippen molar-refractivity contribution >= 4 is 5.95 Å². The van der Waals surface area contributed by atoms with Crippen molar-refractivity contribution in [2.75, 3.05) is 11.9 Å². The number of hydrogen-bond donors (Lipinski definition) is 1. The summed E-state index contributed by atoms with van der Waals surface area (Å²) in [5.74, 6) is 0.199. The molecule has 3 aromatic heterocycles. The Morgan fingerprint density at radius 1 is 1.11 bits per heavy atom. The quantitative estimate of drug-likeness (QED) is 0.591. The van der Waals surface area contributed by atoms with Crippen molar-refractivity contribution in [3.63, 3.8) is 0 Å². The third kappa shape index (κ3) is 4.35. The van der Waals surface area contributed by atoms with Gasteiger partial charge >= 0.3 is 0 Å². The fraction of sp³-hybridized carbons (Fsp3) is 0.474. The molecule has 7 nitrogen and oxygen atoms in total. The second-order valence-electron chi connectivity index (χ2n) is 6.69. The SMILES string of the molecule is CCn1ncc(-c2cc(C(F)F)nc(NCCCn3nc(C)cc3C)n2)c1C. The summed E-state index contributed by atoms with van der Waals surface area (Å²) in [6.45, 7) is 9.83. The van der Waals surface area contributed by atoms with Gasteiger partial charge in [-0.1, -0.05) is 0 Å². The first kappa shape index (κ1) is 19.9. The highest BCUT2D eigenvalue weighted by Gasteiger charge is 2.17. The van der Waals surface area contributed by atoms with Gasteiger partial charge in [0, 0.05) is 36.6 Å². The Morgan fingerprint density at radius 3 is 2.50 bits per heavy atom. The number of nitrogens with one attached hydrogen (secondary N) is 1. The molecule has 28 heavy (non-hydrogen) atoms. The summed E-state index contributed by atoms with van der Waals surface area (Å²) in [5.41, 5.74) is 3.84. The van der Waals surface area contributed by atoms with Gasteiger partial charge in [-0.05, 0) is 46.2 Å². The van der Waals surface area contributed by atoms with E-state index in [2.05, 4.69) is 25.5 Å². The van der Waals surface area contributed by atoms with Crippen LogP contribution in [0.25, 0.3) is 11.3 Å². The number of rotatable bonds is 8. The molecule has 0 unspecified atom stereocenters. The lowest BCUT2D eigenvalue weighted by Gasteiger charge is -2.10. The van der Waals surface area contributed by atoms with Crippen LogP contribution in [-0.2, 0) is 13.1 Å². The zero-order valence-electron chi connectivity index (χ0n) is 16.6. The predicted octanol–water partition coefficient (Wildman–Crippen LogP) is 3.92. The smallest absolute Gasteiger partial charge is 0.280 e. The van der Waals surface area contributed by atoms with Crippen LogP contribution in [-0.4, -0.2) is 36.1 Å². The second-order valence-corrected chi connectivity index (χ2v) is 6.69. The second kappa shape index (κ2) is 8.45. The first-order valence-corrected chi connectivity index (χ1v) is 9.34. The van der Waals surface area contributed by atoms with Crippen LogP contribution in [0.2, 0.25) is 0 Å². The Morgan fingerprint density at radius 2 is 1.89 bits per heavy atom. The number of alkyl halides is 2. The molecular formula is C19H25F2N7. The van der Waals surface area contributed by atoms with E-state index in [0.29, 0.717) is 18.8 Å². The molecule has 9 heteroatoms. The Bertz CT molecular complexity index is 946. The number of aryl methyl sites for hydroxylation is 4. The Hall–Kier alpha value is -2.84. The van der Waals surface area contributed by atoms with Crippen LogP contribution < -0.4 is 5.32 Å². The Balaban J connectivity index is 1.74. The summed E-state index contributed by atoms with van der Waals surface area (Å²) in [6, 6.07) is 3.35. The van der Waals surface area contributed by atoms with E-state index in [1.54, 1.807) is 10.9 Å². The summed E-state index contributed by atoms with van der Waals surface area (Å²) < 4.78 is 30.4. The van der Waals surface area contributed by atoms with Gasteiger partial charge in [-0.3, -0.25) is 9.36 Å². The third-order valence-corrected chi connectivity index (χ3v) is 4.58. The van der Waals surface area contributed by atoms with Crippen LogP contribution in [0.4, 0.5) is 14.7 Å². The molecule has 0 saturated heterocycles. The minimum Gasteiger partial charge on any atom is -0.354 e. The average molecular weight is 389 g/mol. The van der Waals surface area contributed by atoms with Crippen molar-refractivity contribution in [2.45, 2.75) is 53.6 Å². The van der Waals surface area contributed by atoms with Crippen LogP contribution in [0.3, 0.4) is 0 Å². The molecule has 0 amide bonds. The Labute approximate surface area is 162 Å². The van der Waals surface area contributed by atoms with E-state index < -0.39 is 6.43 Å². The molecule has 0 fully saturated rings. The molecule has 0 bridgehead atoms. The van der Waals surface area contributed by atoms with E-state index in [0.717, 1.165) is 35.6 Å². The number of aromatic nitrogens is 6. The van der Waals surface area contributed by atoms with E-state index in [1.807, 2.05) is 38.4 Å². The zero-order valence-corrected chi connectivity index (χ0v) is 16.6. The number of anilines is 1. The number of halogens is 2. The monoisotopic (exact) mass is 389 g/mol. The molecule has 3 heterocycles. The summed E-state index contributed by atoms with van der Waals surface area (Å²) in [6.07, 6.45) is -0.242. The van der Waals surface area contributed by atoms with Gasteiger partial charge in [0.25, 0.3) is 6.43 Å². The standard InChI is InChI=1S/C19H25F2N7/c1-5-27-14(4)15(11-23-27)16-10-17(18(20)21)25-19(24-16)22-7-6-8-28-13(3)9-12(2)26-28/h9-11,18H,5-8H2,1-4H3,(H,22,24,25). The van der Waals surface area contributed by atoms with Gasteiger partial charge in [0.2, 0.25) is 5.95 Å². The van der Waals surface area contributed by atoms with Crippen molar-refractivity contribution in [1.82, 2.24) is 29.5 Å². The lowest BCUT2D eigenvalue weighted by atomic mass is 10.1. The molecule has 0 aromatic carbocycles. The van der Waals surface area contributed by atoms with Gasteiger partial charge in [-0.2, -0.15) is 10.2 Å². The van der Waals surface area contributed by atoms with Gasteiger partial charge in [0.15, 0.2) is 0 Å². The van der Waals surface area contributed by atoms with Crippen LogP contribution >= 0.6 is 0 Å². The maximum atomic E-state index is 13.3. The average Bonchev–Trinajstić information content (AvgIpc) is 3.19. The molecule has 0 aliphatic rings. The van der Waals surface area contributed by atoms with Crippen LogP contribution in [0.5, 0.6) is 0 Å². The van der Waals surface area contributed by atoms with Crippen LogP contribution in [0.15, 0.2) is 18.3 Å². The van der Waals surface area contributed by atoms with Crippen molar-refractivity contribution in [2.24, 2.45) is 0 Å². The van der Waals surface area contributed by atoms with Gasteiger partial charge in [-0.25, -0.2) is 18.7 Å². The maximum absolute atomic E-state index is 13.3. The molecule has 150 valence electrons. The summed E-state index contributed by atoms with van der Waals surface area (Å²) in [5, 5.41) is 11.8. The fourth-order valence-corrected chi connectivity index (χ4v) is 3.14. The summed E-state index contributed by atoms with van der Waals surface area (Å²) in [7, 11) is 0. The van der Waals surface area contributed by atoms with Gasteiger partial charge in [0.1, 0.15) is 5.69 Å². The normalized spacial score (nSPS) is 11.4. The molecule has 3 rings (SSSR count). The van der Waals surface area contributed by atoms with Gasteiger partial charge in [-0.15, -0.1) is 0 Å². The van der Waals surface area contributed by atoms with E-state index in [1.165, 1.54) is 6.07 Å². The van der Waals surface area contributed by atoms with Gasteiger partial charge in [0.05, 0.1) is 17.6 Å². The molecule has 1 N–H and O–H groups in total. The van der Waals surface area contributed by atoms with E-state index >= 15 is 0 Å². The molecule has 0 atom stereocenters. The first-order valence-electron chi connectivity index (χ1n) is 9.34. The summed E-state index contributed by atoms with van der Waals surface area (Å²) >= 11 is 0. The number of hydrogen-bond acceptors (Lipinski definition) is 5. The highest BCUT2D eigenvalue weighted by molar-refractivity contribution is 5.62.